The molecule has 6 heteroatoms. The summed E-state index contributed by atoms with van der Waals surface area (Å²) in [6.45, 7) is 1.17. The van der Waals surface area contributed by atoms with Gasteiger partial charge in [-0.2, -0.15) is 0 Å². The van der Waals surface area contributed by atoms with Gasteiger partial charge >= 0.3 is 0 Å². The third-order valence-corrected chi connectivity index (χ3v) is 5.73. The van der Waals surface area contributed by atoms with E-state index in [1.807, 2.05) is 30.3 Å². The van der Waals surface area contributed by atoms with Gasteiger partial charge in [0.1, 0.15) is 5.82 Å². The van der Waals surface area contributed by atoms with Crippen molar-refractivity contribution in [3.05, 3.63) is 95.3 Å². The number of rotatable bonds is 7. The molecule has 4 nitrogen and oxygen atoms in total. The molecule has 144 valence electrons. The van der Waals surface area contributed by atoms with Crippen molar-refractivity contribution in [1.29, 1.82) is 0 Å². The number of Topliss-reactive ketones (excluding diaryl/α,β-unsaturated/α-hetero) is 1. The van der Waals surface area contributed by atoms with Gasteiger partial charge in [0.15, 0.2) is 5.78 Å². The van der Waals surface area contributed by atoms with E-state index in [-0.39, 0.29) is 11.3 Å². The molecule has 0 spiro atoms. The van der Waals surface area contributed by atoms with Crippen LogP contribution in [0.5, 0.6) is 0 Å². The average Bonchev–Trinajstić information content (AvgIpc) is 2.68. The molecule has 1 N–H and O–H groups in total. The first-order valence-electron chi connectivity index (χ1n) is 8.76. The third-order valence-electron chi connectivity index (χ3n) is 4.43. The van der Waals surface area contributed by atoms with E-state index in [1.54, 1.807) is 43.3 Å². The molecule has 3 aromatic rings. The molecule has 0 fully saturated rings. The van der Waals surface area contributed by atoms with Crippen LogP contribution < -0.4 is 4.72 Å². The molecule has 3 rings (SSSR count). The fourth-order valence-corrected chi connectivity index (χ4v) is 4.14. The maximum absolute atomic E-state index is 14.4. The summed E-state index contributed by atoms with van der Waals surface area (Å²) in [7, 11) is -3.72. The van der Waals surface area contributed by atoms with Crippen molar-refractivity contribution in [3.8, 4) is 11.1 Å². The van der Waals surface area contributed by atoms with E-state index in [0.29, 0.717) is 11.1 Å². The zero-order valence-electron chi connectivity index (χ0n) is 15.4. The van der Waals surface area contributed by atoms with Gasteiger partial charge in [-0.05, 0) is 35.2 Å². The van der Waals surface area contributed by atoms with Gasteiger partial charge in [-0.3, -0.25) is 4.79 Å². The third kappa shape index (κ3) is 4.71. The number of hydrogen-bond donors (Lipinski definition) is 1. The Labute approximate surface area is 164 Å². The number of nitrogens with one attached hydrogen (secondary N) is 1. The molecular weight excluding hydrogens is 377 g/mol. The van der Waals surface area contributed by atoms with E-state index in [9.17, 15) is 17.6 Å². The van der Waals surface area contributed by atoms with Crippen LogP contribution in [0.25, 0.3) is 11.1 Å². The highest BCUT2D eigenvalue weighted by Gasteiger charge is 2.20. The number of carbonyl (C=O) groups is 1. The predicted molar refractivity (Wildman–Crippen MR) is 108 cm³/mol. The molecule has 0 aromatic heterocycles. The minimum absolute atomic E-state index is 0.0937. The molecule has 0 bridgehead atoms. The summed E-state index contributed by atoms with van der Waals surface area (Å²) in [6.07, 6.45) is 0. The molecule has 0 heterocycles. The van der Waals surface area contributed by atoms with Gasteiger partial charge in [0.25, 0.3) is 0 Å². The van der Waals surface area contributed by atoms with Gasteiger partial charge in [-0.25, -0.2) is 17.5 Å². The normalized spacial score (nSPS) is 11.4. The zero-order chi connectivity index (χ0) is 20.1. The monoisotopic (exact) mass is 397 g/mol. The van der Waals surface area contributed by atoms with Gasteiger partial charge in [-0.15, -0.1) is 0 Å². The number of halogens is 1. The van der Waals surface area contributed by atoms with E-state index in [4.69, 9.17) is 0 Å². The number of hydrogen-bond acceptors (Lipinski definition) is 3. The second-order valence-corrected chi connectivity index (χ2v) is 8.26. The van der Waals surface area contributed by atoms with Crippen molar-refractivity contribution in [2.75, 3.05) is 6.54 Å². The van der Waals surface area contributed by atoms with Crippen LogP contribution in [-0.4, -0.2) is 20.7 Å². The molecule has 0 aliphatic carbocycles. The maximum Gasteiger partial charge on any atom is 0.216 e. The SMILES string of the molecule is Cc1c(-c2ccccc2)ccc(F)c1C(=O)CNS(=O)(=O)Cc1ccccc1. The molecule has 0 saturated carbocycles. The average molecular weight is 397 g/mol. The van der Waals surface area contributed by atoms with Crippen LogP contribution in [0.3, 0.4) is 0 Å². The van der Waals surface area contributed by atoms with Crippen molar-refractivity contribution in [2.24, 2.45) is 0 Å². The topological polar surface area (TPSA) is 63.2 Å². The zero-order valence-corrected chi connectivity index (χ0v) is 16.2. The Morgan fingerprint density at radius 2 is 1.54 bits per heavy atom. The Hall–Kier alpha value is -2.83. The molecular formula is C22H20FNO3S. The summed E-state index contributed by atoms with van der Waals surface area (Å²) in [6, 6.07) is 20.8. The number of benzene rings is 3. The van der Waals surface area contributed by atoms with Crippen LogP contribution >= 0.6 is 0 Å². The fourth-order valence-electron chi connectivity index (χ4n) is 3.06. The summed E-state index contributed by atoms with van der Waals surface area (Å²) >= 11 is 0. The fraction of sp³-hybridized carbons (Fsp3) is 0.136. The lowest BCUT2D eigenvalue weighted by Gasteiger charge is -2.13. The summed E-state index contributed by atoms with van der Waals surface area (Å²) in [5, 5.41) is 0. The minimum atomic E-state index is -3.72. The smallest absolute Gasteiger partial charge is 0.216 e. The van der Waals surface area contributed by atoms with Crippen molar-refractivity contribution >= 4 is 15.8 Å². The van der Waals surface area contributed by atoms with Crippen LogP contribution in [0.1, 0.15) is 21.5 Å². The molecule has 0 aliphatic heterocycles. The standard InChI is InChI=1S/C22H20FNO3S/c1-16-19(18-10-6-3-7-11-18)12-13-20(23)22(16)21(25)14-24-28(26,27)15-17-8-4-2-5-9-17/h2-13,24H,14-15H2,1H3. The highest BCUT2D eigenvalue weighted by atomic mass is 32.2. The summed E-state index contributed by atoms with van der Waals surface area (Å²) in [5.41, 5.74) is 2.59. The molecule has 28 heavy (non-hydrogen) atoms. The second kappa shape index (κ2) is 8.46. The summed E-state index contributed by atoms with van der Waals surface area (Å²) < 4.78 is 41.1. The largest absolute Gasteiger partial charge is 0.293 e. The van der Waals surface area contributed by atoms with Crippen LogP contribution in [0.4, 0.5) is 4.39 Å². The van der Waals surface area contributed by atoms with E-state index < -0.39 is 28.2 Å². The lowest BCUT2D eigenvalue weighted by Crippen LogP contribution is -2.31. The van der Waals surface area contributed by atoms with Gasteiger partial charge in [0.05, 0.1) is 17.9 Å². The molecule has 0 aliphatic rings. The predicted octanol–water partition coefficient (Wildman–Crippen LogP) is 4.10. The van der Waals surface area contributed by atoms with Gasteiger partial charge < -0.3 is 0 Å². The van der Waals surface area contributed by atoms with E-state index in [2.05, 4.69) is 4.72 Å². The second-order valence-electron chi connectivity index (χ2n) is 6.45. The van der Waals surface area contributed by atoms with Crippen LogP contribution in [0.2, 0.25) is 0 Å². The van der Waals surface area contributed by atoms with Crippen molar-refractivity contribution in [3.63, 3.8) is 0 Å². The van der Waals surface area contributed by atoms with Gasteiger partial charge in [-0.1, -0.05) is 66.7 Å². The first-order valence-corrected chi connectivity index (χ1v) is 10.4. The van der Waals surface area contributed by atoms with Crippen LogP contribution in [0.15, 0.2) is 72.8 Å². The Morgan fingerprint density at radius 1 is 0.929 bits per heavy atom. The Morgan fingerprint density at radius 3 is 2.18 bits per heavy atom. The van der Waals surface area contributed by atoms with Gasteiger partial charge in [0, 0.05) is 0 Å². The molecule has 0 saturated heterocycles. The highest BCUT2D eigenvalue weighted by Crippen LogP contribution is 2.27. The molecule has 0 unspecified atom stereocenters. The Bertz CT molecular complexity index is 1080. The lowest BCUT2D eigenvalue weighted by molar-refractivity contribution is 0.0992. The van der Waals surface area contributed by atoms with E-state index in [1.165, 1.54) is 6.07 Å². The van der Waals surface area contributed by atoms with Crippen LogP contribution in [-0.2, 0) is 15.8 Å². The van der Waals surface area contributed by atoms with E-state index in [0.717, 1.165) is 11.1 Å². The van der Waals surface area contributed by atoms with E-state index >= 15 is 0 Å². The Kier molecular flexibility index (Phi) is 6.02. The highest BCUT2D eigenvalue weighted by molar-refractivity contribution is 7.88. The number of carbonyl (C=O) groups excluding carboxylic acids is 1. The van der Waals surface area contributed by atoms with Crippen LogP contribution in [0, 0.1) is 12.7 Å². The first-order chi connectivity index (χ1) is 13.4. The van der Waals surface area contributed by atoms with Crippen molar-refractivity contribution in [1.82, 2.24) is 4.72 Å². The molecule has 0 radical (unpaired) electrons. The molecule has 3 aromatic carbocycles. The number of sulfonamides is 1. The summed E-state index contributed by atoms with van der Waals surface area (Å²) in [5.74, 6) is -1.51. The van der Waals surface area contributed by atoms with Gasteiger partial charge in [0.2, 0.25) is 10.0 Å². The van der Waals surface area contributed by atoms with Crippen molar-refractivity contribution < 1.29 is 17.6 Å². The maximum atomic E-state index is 14.4. The number of ketones is 1. The van der Waals surface area contributed by atoms with Crippen molar-refractivity contribution in [2.45, 2.75) is 12.7 Å². The Balaban J connectivity index is 1.79. The summed E-state index contributed by atoms with van der Waals surface area (Å²) in [4.78, 5) is 12.6. The molecule has 0 amide bonds. The minimum Gasteiger partial charge on any atom is -0.293 e. The quantitative estimate of drug-likeness (QED) is 0.611. The lowest BCUT2D eigenvalue weighted by atomic mass is 9.94. The molecule has 0 atom stereocenters. The first kappa shape index (κ1) is 19.9.